The highest BCUT2D eigenvalue weighted by Crippen LogP contribution is 2.29. The number of alkyl halides is 3. The topological polar surface area (TPSA) is 50.8 Å². The largest absolute Gasteiger partial charge is 0.416 e. The molecule has 0 aliphatic heterocycles. The van der Waals surface area contributed by atoms with E-state index in [0.717, 1.165) is 12.1 Å². The van der Waals surface area contributed by atoms with Gasteiger partial charge in [-0.3, -0.25) is 0 Å². The zero-order valence-corrected chi connectivity index (χ0v) is 13.2. The van der Waals surface area contributed by atoms with Crippen LogP contribution in [0.1, 0.15) is 11.1 Å². The number of nitrogens with zero attached hydrogens (tertiary/aromatic N) is 1. The number of carbonyl (C=O) groups excluding carboxylic acids is 1. The van der Waals surface area contributed by atoms with Crippen molar-refractivity contribution < 1.29 is 27.4 Å². The molecule has 0 fully saturated rings. The predicted octanol–water partition coefficient (Wildman–Crippen LogP) is 2.51. The first-order valence-electron chi connectivity index (χ1n) is 7.06. The Morgan fingerprint density at radius 1 is 1.17 bits per heavy atom. The molecule has 2 amide bonds. The van der Waals surface area contributed by atoms with Gasteiger partial charge in [0, 0.05) is 27.2 Å². The van der Waals surface area contributed by atoms with Gasteiger partial charge in [-0.25, -0.2) is 4.79 Å². The Balaban J connectivity index is 2.34. The van der Waals surface area contributed by atoms with E-state index in [1.807, 2.05) is 0 Å². The number of hydrogen-bond donors (Lipinski definition) is 1. The minimum absolute atomic E-state index is 0.217. The van der Waals surface area contributed by atoms with Gasteiger partial charge in [0.05, 0.1) is 25.4 Å². The molecule has 0 saturated heterocycles. The van der Waals surface area contributed by atoms with Gasteiger partial charge in [0.25, 0.3) is 0 Å². The number of methoxy groups -OCH3 is 1. The maximum absolute atomic E-state index is 12.5. The maximum atomic E-state index is 12.5. The molecular weight excluding hydrogens is 313 g/mol. The van der Waals surface area contributed by atoms with E-state index in [9.17, 15) is 18.0 Å². The molecule has 0 aliphatic rings. The van der Waals surface area contributed by atoms with Crippen LogP contribution < -0.4 is 5.32 Å². The molecule has 0 unspecified atom stereocenters. The summed E-state index contributed by atoms with van der Waals surface area (Å²) < 4.78 is 47.4. The van der Waals surface area contributed by atoms with E-state index in [0.29, 0.717) is 31.9 Å². The molecular formula is C15H21F3N2O3. The van der Waals surface area contributed by atoms with Crippen LogP contribution in [-0.2, 0) is 22.2 Å². The Morgan fingerprint density at radius 2 is 1.83 bits per heavy atom. The smallest absolute Gasteiger partial charge is 0.382 e. The second-order valence-corrected chi connectivity index (χ2v) is 4.89. The summed E-state index contributed by atoms with van der Waals surface area (Å²) in [4.78, 5) is 13.2. The van der Waals surface area contributed by atoms with Crippen molar-refractivity contribution in [1.29, 1.82) is 0 Å². The molecule has 0 aliphatic carbocycles. The van der Waals surface area contributed by atoms with Crippen LogP contribution in [0.2, 0.25) is 0 Å². The summed E-state index contributed by atoms with van der Waals surface area (Å²) in [5.74, 6) is 0. The van der Waals surface area contributed by atoms with Crippen molar-refractivity contribution in [3.05, 3.63) is 35.4 Å². The van der Waals surface area contributed by atoms with Crippen molar-refractivity contribution in [1.82, 2.24) is 10.2 Å². The van der Waals surface area contributed by atoms with Crippen molar-refractivity contribution in [3.8, 4) is 0 Å². The lowest BCUT2D eigenvalue weighted by molar-refractivity contribution is -0.137. The van der Waals surface area contributed by atoms with Crippen LogP contribution in [0.15, 0.2) is 24.3 Å². The fraction of sp³-hybridized carbons (Fsp3) is 0.533. The number of rotatable bonds is 8. The average Bonchev–Trinajstić information content (AvgIpc) is 2.50. The highest BCUT2D eigenvalue weighted by Gasteiger charge is 2.29. The highest BCUT2D eigenvalue weighted by molar-refractivity contribution is 5.73. The first kappa shape index (κ1) is 19.2. The van der Waals surface area contributed by atoms with Gasteiger partial charge < -0.3 is 19.7 Å². The predicted molar refractivity (Wildman–Crippen MR) is 79.0 cm³/mol. The second kappa shape index (κ2) is 9.36. The quantitative estimate of drug-likeness (QED) is 0.743. The molecule has 0 saturated carbocycles. The highest BCUT2D eigenvalue weighted by atomic mass is 19.4. The molecule has 1 N–H and O–H groups in total. The van der Waals surface area contributed by atoms with E-state index in [2.05, 4.69) is 5.32 Å². The van der Waals surface area contributed by atoms with Gasteiger partial charge in [-0.15, -0.1) is 0 Å². The monoisotopic (exact) mass is 334 g/mol. The number of ether oxygens (including phenoxy) is 2. The number of benzene rings is 1. The molecule has 0 aromatic heterocycles. The first-order valence-corrected chi connectivity index (χ1v) is 7.06. The van der Waals surface area contributed by atoms with Gasteiger partial charge >= 0.3 is 12.2 Å². The average molecular weight is 334 g/mol. The summed E-state index contributed by atoms with van der Waals surface area (Å²) in [6.07, 6.45) is -4.36. The van der Waals surface area contributed by atoms with Gasteiger partial charge in [-0.05, 0) is 17.7 Å². The van der Waals surface area contributed by atoms with Crippen molar-refractivity contribution >= 4 is 6.03 Å². The number of urea groups is 1. The second-order valence-electron chi connectivity index (χ2n) is 4.89. The van der Waals surface area contributed by atoms with Gasteiger partial charge in [0.1, 0.15) is 0 Å². The summed E-state index contributed by atoms with van der Waals surface area (Å²) in [6.45, 7) is 1.87. The molecule has 130 valence electrons. The Kier molecular flexibility index (Phi) is 7.84. The van der Waals surface area contributed by atoms with Crippen LogP contribution in [0.4, 0.5) is 18.0 Å². The van der Waals surface area contributed by atoms with Crippen molar-refractivity contribution in [3.63, 3.8) is 0 Å². The third-order valence-corrected chi connectivity index (χ3v) is 3.00. The van der Waals surface area contributed by atoms with Crippen LogP contribution in [0, 0.1) is 0 Å². The minimum atomic E-state index is -4.36. The van der Waals surface area contributed by atoms with E-state index >= 15 is 0 Å². The number of amides is 2. The van der Waals surface area contributed by atoms with Gasteiger partial charge in [0.15, 0.2) is 0 Å². The molecule has 23 heavy (non-hydrogen) atoms. The molecule has 0 radical (unpaired) electrons. The van der Waals surface area contributed by atoms with Gasteiger partial charge in [0.2, 0.25) is 0 Å². The normalized spacial score (nSPS) is 11.3. The standard InChI is InChI=1S/C15H21F3N2O3/c1-20(14(21)19-7-8-23-10-9-22-2)11-12-3-5-13(6-4-12)15(16,17)18/h3-6H,7-11H2,1-2H3,(H,19,21). The Bertz CT molecular complexity index is 478. The summed E-state index contributed by atoms with van der Waals surface area (Å²) >= 11 is 0. The van der Waals surface area contributed by atoms with E-state index in [-0.39, 0.29) is 12.6 Å². The van der Waals surface area contributed by atoms with Crippen LogP contribution in [0.25, 0.3) is 0 Å². The van der Waals surface area contributed by atoms with E-state index in [4.69, 9.17) is 9.47 Å². The number of hydrogen-bond acceptors (Lipinski definition) is 3. The number of carbonyl (C=O) groups is 1. The Morgan fingerprint density at radius 3 is 2.39 bits per heavy atom. The SMILES string of the molecule is COCCOCCNC(=O)N(C)Cc1ccc(C(F)(F)F)cc1. The van der Waals surface area contributed by atoms with Crippen LogP contribution in [0.3, 0.4) is 0 Å². The first-order chi connectivity index (χ1) is 10.8. The molecule has 0 spiro atoms. The summed E-state index contributed by atoms with van der Waals surface area (Å²) in [5, 5.41) is 2.66. The Hall–Kier alpha value is -1.80. The third kappa shape index (κ3) is 7.34. The molecule has 1 rings (SSSR count). The van der Waals surface area contributed by atoms with E-state index in [1.54, 1.807) is 14.2 Å². The van der Waals surface area contributed by atoms with Crippen molar-refractivity contribution in [2.45, 2.75) is 12.7 Å². The summed E-state index contributed by atoms with van der Waals surface area (Å²) in [6, 6.07) is 4.41. The molecule has 0 atom stereocenters. The zero-order chi connectivity index (χ0) is 17.3. The lowest BCUT2D eigenvalue weighted by atomic mass is 10.1. The molecule has 5 nitrogen and oxygen atoms in total. The minimum Gasteiger partial charge on any atom is -0.382 e. The molecule has 1 aromatic rings. The lowest BCUT2D eigenvalue weighted by Crippen LogP contribution is -2.38. The summed E-state index contributed by atoms with van der Waals surface area (Å²) in [5.41, 5.74) is -0.0893. The molecule has 0 bridgehead atoms. The maximum Gasteiger partial charge on any atom is 0.416 e. The van der Waals surface area contributed by atoms with Gasteiger partial charge in [-0.1, -0.05) is 12.1 Å². The van der Waals surface area contributed by atoms with E-state index < -0.39 is 11.7 Å². The zero-order valence-electron chi connectivity index (χ0n) is 13.2. The number of halogens is 3. The molecule has 0 heterocycles. The van der Waals surface area contributed by atoms with Crippen LogP contribution in [0.5, 0.6) is 0 Å². The Labute approximate surface area is 133 Å². The molecule has 1 aromatic carbocycles. The van der Waals surface area contributed by atoms with Crippen LogP contribution >= 0.6 is 0 Å². The number of nitrogens with one attached hydrogen (secondary N) is 1. The fourth-order valence-electron chi connectivity index (χ4n) is 1.75. The van der Waals surface area contributed by atoms with Gasteiger partial charge in [-0.2, -0.15) is 13.2 Å². The van der Waals surface area contributed by atoms with Crippen molar-refractivity contribution in [2.75, 3.05) is 40.5 Å². The third-order valence-electron chi connectivity index (χ3n) is 3.00. The van der Waals surface area contributed by atoms with Crippen LogP contribution in [-0.4, -0.2) is 51.5 Å². The van der Waals surface area contributed by atoms with Crippen molar-refractivity contribution in [2.24, 2.45) is 0 Å². The fourth-order valence-corrected chi connectivity index (χ4v) is 1.75. The van der Waals surface area contributed by atoms with E-state index in [1.165, 1.54) is 17.0 Å². The lowest BCUT2D eigenvalue weighted by Gasteiger charge is -2.18. The summed E-state index contributed by atoms with van der Waals surface area (Å²) in [7, 11) is 3.14. The molecule has 8 heteroatoms.